The van der Waals surface area contributed by atoms with Gasteiger partial charge in [-0.1, -0.05) is 41.9 Å². The van der Waals surface area contributed by atoms with Gasteiger partial charge in [0.05, 0.1) is 12.6 Å². The summed E-state index contributed by atoms with van der Waals surface area (Å²) >= 11 is 6.08. The molecular formula is C24H31ClN4O2. The van der Waals surface area contributed by atoms with Gasteiger partial charge < -0.3 is 10.6 Å². The van der Waals surface area contributed by atoms with Crippen LogP contribution < -0.4 is 10.6 Å². The fourth-order valence-electron chi connectivity index (χ4n) is 3.88. The third-order valence-electron chi connectivity index (χ3n) is 5.80. The Balaban J connectivity index is 1.42. The highest BCUT2D eigenvalue weighted by molar-refractivity contribution is 6.30. The minimum atomic E-state index is -0.277. The summed E-state index contributed by atoms with van der Waals surface area (Å²) in [6.45, 7) is 10.0. The van der Waals surface area contributed by atoms with Crippen molar-refractivity contribution in [1.82, 2.24) is 15.1 Å². The second kappa shape index (κ2) is 10.8. The van der Waals surface area contributed by atoms with Crippen LogP contribution in [0.1, 0.15) is 23.6 Å². The van der Waals surface area contributed by atoms with Gasteiger partial charge in [0.25, 0.3) is 0 Å². The highest BCUT2D eigenvalue weighted by atomic mass is 35.5. The molecule has 166 valence electrons. The van der Waals surface area contributed by atoms with Crippen molar-refractivity contribution in [3.8, 4) is 0 Å². The summed E-state index contributed by atoms with van der Waals surface area (Å²) in [6.07, 6.45) is 0. The van der Waals surface area contributed by atoms with Crippen LogP contribution in [-0.2, 0) is 16.1 Å². The van der Waals surface area contributed by atoms with E-state index >= 15 is 0 Å². The van der Waals surface area contributed by atoms with E-state index in [9.17, 15) is 9.59 Å². The van der Waals surface area contributed by atoms with E-state index in [-0.39, 0.29) is 24.4 Å². The summed E-state index contributed by atoms with van der Waals surface area (Å²) in [5, 5.41) is 6.43. The molecule has 2 aromatic rings. The van der Waals surface area contributed by atoms with Gasteiger partial charge in [0.1, 0.15) is 0 Å². The van der Waals surface area contributed by atoms with E-state index in [0.29, 0.717) is 0 Å². The molecule has 1 fully saturated rings. The number of anilines is 1. The molecule has 2 N–H and O–H groups in total. The Kier molecular flexibility index (Phi) is 8.07. The van der Waals surface area contributed by atoms with Crippen molar-refractivity contribution in [3.05, 3.63) is 64.2 Å². The van der Waals surface area contributed by atoms with Crippen LogP contribution >= 0.6 is 11.6 Å². The average Bonchev–Trinajstić information content (AvgIpc) is 2.75. The highest BCUT2D eigenvalue weighted by Gasteiger charge is 2.25. The summed E-state index contributed by atoms with van der Waals surface area (Å²) < 4.78 is 0. The third kappa shape index (κ3) is 6.53. The lowest BCUT2D eigenvalue weighted by Gasteiger charge is -2.37. The second-order valence-electron chi connectivity index (χ2n) is 8.15. The standard InChI is InChI=1S/C24H31ClN4O2/c1-17-6-4-7-18(2)23(17)27-22(30)15-26-24(31)19(3)29-12-10-28(11-13-29)16-20-8-5-9-21(25)14-20/h4-9,14,19H,10-13,15-16H2,1-3H3,(H,26,31)(H,27,30)/t19-/m0/s1. The Morgan fingerprint density at radius 2 is 1.68 bits per heavy atom. The van der Waals surface area contributed by atoms with E-state index in [0.717, 1.165) is 54.6 Å². The van der Waals surface area contributed by atoms with Crippen LogP contribution in [0.15, 0.2) is 42.5 Å². The van der Waals surface area contributed by atoms with Crippen molar-refractivity contribution < 1.29 is 9.59 Å². The summed E-state index contributed by atoms with van der Waals surface area (Å²) in [7, 11) is 0. The number of aryl methyl sites for hydroxylation is 2. The first kappa shape index (κ1) is 23.3. The molecule has 0 aliphatic carbocycles. The fraction of sp³-hybridized carbons (Fsp3) is 0.417. The molecule has 1 atom stereocenters. The molecule has 0 bridgehead atoms. The van der Waals surface area contributed by atoms with Crippen molar-refractivity contribution in [2.24, 2.45) is 0 Å². The molecule has 1 aliphatic rings. The van der Waals surface area contributed by atoms with E-state index in [1.54, 1.807) is 0 Å². The first-order chi connectivity index (χ1) is 14.8. The second-order valence-corrected chi connectivity index (χ2v) is 8.59. The fourth-order valence-corrected chi connectivity index (χ4v) is 4.09. The van der Waals surface area contributed by atoms with Crippen molar-refractivity contribution >= 4 is 29.1 Å². The molecule has 7 heteroatoms. The predicted octanol–water partition coefficient (Wildman–Crippen LogP) is 3.22. The number of carbonyl (C=O) groups is 2. The molecule has 31 heavy (non-hydrogen) atoms. The number of rotatable bonds is 7. The van der Waals surface area contributed by atoms with Gasteiger partial charge in [-0.3, -0.25) is 19.4 Å². The SMILES string of the molecule is Cc1cccc(C)c1NC(=O)CNC(=O)[C@H](C)N1CCN(Cc2cccc(Cl)c2)CC1. The number of nitrogens with zero attached hydrogens (tertiary/aromatic N) is 2. The Morgan fingerprint density at radius 1 is 1.03 bits per heavy atom. The molecule has 0 spiro atoms. The first-order valence-electron chi connectivity index (χ1n) is 10.7. The monoisotopic (exact) mass is 442 g/mol. The summed E-state index contributed by atoms with van der Waals surface area (Å²) in [5.41, 5.74) is 4.01. The summed E-state index contributed by atoms with van der Waals surface area (Å²) in [5.74, 6) is -0.343. The molecule has 0 aromatic heterocycles. The quantitative estimate of drug-likeness (QED) is 0.691. The maximum absolute atomic E-state index is 12.6. The Hall–Kier alpha value is -2.41. The van der Waals surface area contributed by atoms with Crippen LogP contribution in [-0.4, -0.2) is 60.4 Å². The Bertz CT molecular complexity index is 905. The van der Waals surface area contributed by atoms with Crippen LogP contribution in [0, 0.1) is 13.8 Å². The average molecular weight is 443 g/mol. The zero-order chi connectivity index (χ0) is 22.4. The van der Waals surface area contributed by atoms with Crippen LogP contribution in [0.5, 0.6) is 0 Å². The Labute approximate surface area is 189 Å². The lowest BCUT2D eigenvalue weighted by atomic mass is 10.1. The molecular weight excluding hydrogens is 412 g/mol. The van der Waals surface area contributed by atoms with Gasteiger partial charge >= 0.3 is 0 Å². The number of para-hydroxylation sites is 1. The number of hydrogen-bond acceptors (Lipinski definition) is 4. The molecule has 1 saturated heterocycles. The molecule has 3 rings (SSSR count). The van der Waals surface area contributed by atoms with E-state index in [2.05, 4.69) is 26.5 Å². The molecule has 0 saturated carbocycles. The predicted molar refractivity (Wildman–Crippen MR) is 125 cm³/mol. The van der Waals surface area contributed by atoms with Crippen molar-refractivity contribution in [2.45, 2.75) is 33.4 Å². The van der Waals surface area contributed by atoms with Crippen LogP contribution in [0.4, 0.5) is 5.69 Å². The van der Waals surface area contributed by atoms with Crippen LogP contribution in [0.2, 0.25) is 5.02 Å². The van der Waals surface area contributed by atoms with E-state index in [4.69, 9.17) is 11.6 Å². The molecule has 2 amide bonds. The maximum atomic E-state index is 12.6. The molecule has 0 unspecified atom stereocenters. The lowest BCUT2D eigenvalue weighted by Crippen LogP contribution is -2.54. The van der Waals surface area contributed by atoms with E-state index in [1.165, 1.54) is 5.56 Å². The van der Waals surface area contributed by atoms with Crippen molar-refractivity contribution in [1.29, 1.82) is 0 Å². The molecule has 1 heterocycles. The van der Waals surface area contributed by atoms with Gasteiger partial charge in [0.2, 0.25) is 11.8 Å². The number of piperazine rings is 1. The highest BCUT2D eigenvalue weighted by Crippen LogP contribution is 2.19. The number of hydrogen-bond donors (Lipinski definition) is 2. The number of nitrogens with one attached hydrogen (secondary N) is 2. The maximum Gasteiger partial charge on any atom is 0.243 e. The zero-order valence-electron chi connectivity index (χ0n) is 18.5. The van der Waals surface area contributed by atoms with Gasteiger partial charge in [-0.2, -0.15) is 0 Å². The minimum absolute atomic E-state index is 0.0360. The summed E-state index contributed by atoms with van der Waals surface area (Å²) in [4.78, 5) is 29.4. The van der Waals surface area contributed by atoms with Gasteiger partial charge in [-0.05, 0) is 49.6 Å². The normalized spacial score (nSPS) is 16.0. The van der Waals surface area contributed by atoms with Crippen LogP contribution in [0.3, 0.4) is 0 Å². The first-order valence-corrected chi connectivity index (χ1v) is 11.1. The number of benzene rings is 2. The topological polar surface area (TPSA) is 64.7 Å². The smallest absolute Gasteiger partial charge is 0.243 e. The summed E-state index contributed by atoms with van der Waals surface area (Å²) in [6, 6.07) is 13.5. The van der Waals surface area contributed by atoms with Gasteiger partial charge in [0.15, 0.2) is 0 Å². The lowest BCUT2D eigenvalue weighted by molar-refractivity contribution is -0.128. The Morgan fingerprint density at radius 3 is 2.32 bits per heavy atom. The zero-order valence-corrected chi connectivity index (χ0v) is 19.2. The van der Waals surface area contributed by atoms with E-state index < -0.39 is 0 Å². The third-order valence-corrected chi connectivity index (χ3v) is 6.03. The van der Waals surface area contributed by atoms with Gasteiger partial charge in [0, 0.05) is 43.4 Å². The van der Waals surface area contributed by atoms with Crippen molar-refractivity contribution in [2.75, 3.05) is 38.0 Å². The minimum Gasteiger partial charge on any atom is -0.346 e. The number of carbonyl (C=O) groups excluding carboxylic acids is 2. The molecule has 0 radical (unpaired) electrons. The van der Waals surface area contributed by atoms with Crippen LogP contribution in [0.25, 0.3) is 0 Å². The largest absolute Gasteiger partial charge is 0.346 e. The molecule has 6 nitrogen and oxygen atoms in total. The molecule has 1 aliphatic heterocycles. The number of amides is 2. The van der Waals surface area contributed by atoms with Crippen molar-refractivity contribution in [3.63, 3.8) is 0 Å². The number of halogens is 1. The van der Waals surface area contributed by atoms with E-state index in [1.807, 2.05) is 57.2 Å². The van der Waals surface area contributed by atoms with Gasteiger partial charge in [-0.25, -0.2) is 0 Å². The van der Waals surface area contributed by atoms with Gasteiger partial charge in [-0.15, -0.1) is 0 Å². The molecule has 2 aromatic carbocycles.